The van der Waals surface area contributed by atoms with Crippen molar-refractivity contribution in [3.8, 4) is 0 Å². The highest BCUT2D eigenvalue weighted by Crippen LogP contribution is 2.39. The lowest BCUT2D eigenvalue weighted by atomic mass is 9.72. The predicted molar refractivity (Wildman–Crippen MR) is 71.5 cm³/mol. The highest BCUT2D eigenvalue weighted by Gasteiger charge is 2.41. The fourth-order valence-corrected chi connectivity index (χ4v) is 3.04. The van der Waals surface area contributed by atoms with Crippen LogP contribution >= 0.6 is 0 Å². The van der Waals surface area contributed by atoms with Gasteiger partial charge in [0, 0.05) is 25.7 Å². The molecule has 0 aromatic carbocycles. The van der Waals surface area contributed by atoms with E-state index < -0.39 is 0 Å². The average Bonchev–Trinajstić information content (AvgIpc) is 2.15. The number of likely N-dealkylation sites (tertiary alicyclic amines) is 1. The van der Waals surface area contributed by atoms with E-state index in [0.717, 1.165) is 6.54 Å². The zero-order valence-corrected chi connectivity index (χ0v) is 11.6. The molecule has 1 heterocycles. The second-order valence-electron chi connectivity index (χ2n) is 6.08. The first-order chi connectivity index (χ1) is 7.53. The van der Waals surface area contributed by atoms with Gasteiger partial charge in [0.15, 0.2) is 0 Å². The summed E-state index contributed by atoms with van der Waals surface area (Å²) < 4.78 is 0. The van der Waals surface area contributed by atoms with Crippen LogP contribution in [0.15, 0.2) is 0 Å². The van der Waals surface area contributed by atoms with Crippen LogP contribution in [-0.4, -0.2) is 30.6 Å². The Morgan fingerprint density at radius 1 is 1.12 bits per heavy atom. The second kappa shape index (κ2) is 6.02. The monoisotopic (exact) mass is 226 g/mol. The van der Waals surface area contributed by atoms with E-state index >= 15 is 0 Å². The van der Waals surface area contributed by atoms with E-state index in [2.05, 4.69) is 32.6 Å². The Kier molecular flexibility index (Phi) is 5.26. The quantitative estimate of drug-likeness (QED) is 0.723. The van der Waals surface area contributed by atoms with Gasteiger partial charge in [0.25, 0.3) is 0 Å². The van der Waals surface area contributed by atoms with Gasteiger partial charge in [-0.1, -0.05) is 40.5 Å². The zero-order chi connectivity index (χ0) is 12.2. The first-order valence-electron chi connectivity index (χ1n) is 7.01. The first kappa shape index (κ1) is 14.0. The molecule has 0 bridgehead atoms. The van der Waals surface area contributed by atoms with Crippen LogP contribution in [-0.2, 0) is 0 Å². The second-order valence-corrected chi connectivity index (χ2v) is 6.08. The van der Waals surface area contributed by atoms with Crippen molar-refractivity contribution in [3.05, 3.63) is 0 Å². The summed E-state index contributed by atoms with van der Waals surface area (Å²) in [4.78, 5) is 2.55. The van der Waals surface area contributed by atoms with E-state index in [1.165, 1.54) is 38.8 Å². The summed E-state index contributed by atoms with van der Waals surface area (Å²) in [5.41, 5.74) is 6.76. The van der Waals surface area contributed by atoms with Crippen LogP contribution in [0.4, 0.5) is 0 Å². The highest BCUT2D eigenvalue weighted by atomic mass is 15.2. The third-order valence-corrected chi connectivity index (χ3v) is 4.00. The molecule has 0 aromatic rings. The molecule has 2 heteroatoms. The normalized spacial score (nSPS) is 22.1. The molecule has 16 heavy (non-hydrogen) atoms. The summed E-state index contributed by atoms with van der Waals surface area (Å²) in [7, 11) is 0. The predicted octanol–water partition coefficient (Wildman–Crippen LogP) is 2.87. The maximum Gasteiger partial charge on any atom is 0.0191 e. The van der Waals surface area contributed by atoms with Gasteiger partial charge in [-0.25, -0.2) is 0 Å². The Hall–Kier alpha value is -0.0800. The van der Waals surface area contributed by atoms with Gasteiger partial charge in [0.2, 0.25) is 0 Å². The van der Waals surface area contributed by atoms with Gasteiger partial charge in [-0.05, 0) is 24.2 Å². The molecule has 1 aliphatic heterocycles. The molecule has 0 radical (unpaired) electrons. The topological polar surface area (TPSA) is 29.3 Å². The van der Waals surface area contributed by atoms with Crippen LogP contribution in [0.1, 0.15) is 53.4 Å². The molecule has 2 nitrogen and oxygen atoms in total. The fourth-order valence-electron chi connectivity index (χ4n) is 3.04. The van der Waals surface area contributed by atoms with Gasteiger partial charge in [0.05, 0.1) is 0 Å². The average molecular weight is 226 g/mol. The molecule has 1 fully saturated rings. The number of nitrogens with zero attached hydrogens (tertiary/aromatic N) is 1. The van der Waals surface area contributed by atoms with Crippen molar-refractivity contribution in [2.75, 3.05) is 19.6 Å². The molecule has 0 aliphatic carbocycles. The van der Waals surface area contributed by atoms with Crippen molar-refractivity contribution < 1.29 is 0 Å². The molecule has 1 unspecified atom stereocenters. The molecule has 0 saturated carbocycles. The van der Waals surface area contributed by atoms with Crippen LogP contribution in [0.3, 0.4) is 0 Å². The lowest BCUT2D eigenvalue weighted by Crippen LogP contribution is -2.59. The van der Waals surface area contributed by atoms with Crippen LogP contribution in [0, 0.1) is 11.3 Å². The van der Waals surface area contributed by atoms with E-state index in [4.69, 9.17) is 5.73 Å². The van der Waals surface area contributed by atoms with Gasteiger partial charge in [-0.2, -0.15) is 0 Å². The molecule has 0 amide bonds. The van der Waals surface area contributed by atoms with Crippen molar-refractivity contribution in [1.29, 1.82) is 0 Å². The molecule has 0 spiro atoms. The molecule has 1 rings (SSSR count). The van der Waals surface area contributed by atoms with E-state index in [-0.39, 0.29) is 0 Å². The van der Waals surface area contributed by atoms with Gasteiger partial charge >= 0.3 is 0 Å². The lowest BCUT2D eigenvalue weighted by Gasteiger charge is -2.52. The summed E-state index contributed by atoms with van der Waals surface area (Å²) in [6.45, 7) is 12.7. The van der Waals surface area contributed by atoms with Crippen LogP contribution in [0.5, 0.6) is 0 Å². The summed E-state index contributed by atoms with van der Waals surface area (Å²) in [6, 6.07) is 0.348. The molecular weight excluding hydrogens is 196 g/mol. The van der Waals surface area contributed by atoms with Gasteiger partial charge < -0.3 is 10.6 Å². The molecule has 2 N–H and O–H groups in total. The van der Waals surface area contributed by atoms with E-state index in [1.54, 1.807) is 0 Å². The van der Waals surface area contributed by atoms with E-state index in [9.17, 15) is 0 Å². The molecule has 96 valence electrons. The Bertz CT molecular complexity index is 187. The maximum absolute atomic E-state index is 6.12. The molecule has 1 aliphatic rings. The van der Waals surface area contributed by atoms with Crippen LogP contribution in [0.25, 0.3) is 0 Å². The van der Waals surface area contributed by atoms with Crippen LogP contribution in [0.2, 0.25) is 0 Å². The zero-order valence-electron chi connectivity index (χ0n) is 11.6. The Balaban J connectivity index is 2.32. The van der Waals surface area contributed by atoms with Crippen molar-refractivity contribution in [2.45, 2.75) is 59.4 Å². The Morgan fingerprint density at radius 3 is 2.00 bits per heavy atom. The first-order valence-corrected chi connectivity index (χ1v) is 7.01. The number of hydrogen-bond donors (Lipinski definition) is 1. The Morgan fingerprint density at radius 2 is 1.62 bits per heavy atom. The molecular formula is C14H30N2. The van der Waals surface area contributed by atoms with Gasteiger partial charge in [-0.3, -0.25) is 0 Å². The van der Waals surface area contributed by atoms with Crippen molar-refractivity contribution in [1.82, 2.24) is 4.90 Å². The SMILES string of the molecule is CCCC1(CCC)CN(CC(N)C(C)C)C1. The number of hydrogen-bond acceptors (Lipinski definition) is 2. The minimum absolute atomic E-state index is 0.348. The lowest BCUT2D eigenvalue weighted by molar-refractivity contribution is -0.0201. The van der Waals surface area contributed by atoms with Gasteiger partial charge in [0.1, 0.15) is 0 Å². The fraction of sp³-hybridized carbons (Fsp3) is 1.00. The summed E-state index contributed by atoms with van der Waals surface area (Å²) >= 11 is 0. The van der Waals surface area contributed by atoms with Crippen LogP contribution < -0.4 is 5.73 Å². The number of rotatable bonds is 7. The third kappa shape index (κ3) is 3.46. The minimum atomic E-state index is 0.348. The molecule has 0 aromatic heterocycles. The standard InChI is InChI=1S/C14H30N2/c1-5-7-14(8-6-2)10-16(11-14)9-13(15)12(3)4/h12-13H,5-11,15H2,1-4H3. The maximum atomic E-state index is 6.12. The van der Waals surface area contributed by atoms with E-state index in [0.29, 0.717) is 17.4 Å². The summed E-state index contributed by atoms with van der Waals surface area (Å²) in [6.07, 6.45) is 5.44. The summed E-state index contributed by atoms with van der Waals surface area (Å²) in [5.74, 6) is 0.604. The number of nitrogens with two attached hydrogens (primary N) is 1. The highest BCUT2D eigenvalue weighted by molar-refractivity contribution is 4.95. The van der Waals surface area contributed by atoms with E-state index in [1.807, 2.05) is 0 Å². The minimum Gasteiger partial charge on any atom is -0.326 e. The van der Waals surface area contributed by atoms with Crippen molar-refractivity contribution >= 4 is 0 Å². The van der Waals surface area contributed by atoms with Crippen molar-refractivity contribution in [2.24, 2.45) is 17.1 Å². The van der Waals surface area contributed by atoms with Crippen molar-refractivity contribution in [3.63, 3.8) is 0 Å². The smallest absolute Gasteiger partial charge is 0.0191 e. The largest absolute Gasteiger partial charge is 0.326 e. The Labute approximate surface area is 102 Å². The van der Waals surface area contributed by atoms with Gasteiger partial charge in [-0.15, -0.1) is 0 Å². The molecule has 1 atom stereocenters. The summed E-state index contributed by atoms with van der Waals surface area (Å²) in [5, 5.41) is 0. The molecule has 1 saturated heterocycles. The third-order valence-electron chi connectivity index (χ3n) is 4.00.